The zero-order chi connectivity index (χ0) is 22.1. The van der Waals surface area contributed by atoms with Gasteiger partial charge in [0.2, 0.25) is 5.95 Å². The van der Waals surface area contributed by atoms with Crippen molar-refractivity contribution < 1.29 is 4.74 Å². The van der Waals surface area contributed by atoms with Crippen LogP contribution in [0.5, 0.6) is 5.75 Å². The summed E-state index contributed by atoms with van der Waals surface area (Å²) in [6.07, 6.45) is 1.65. The Bertz CT molecular complexity index is 1390. The number of methoxy groups -OCH3 is 1. The molecular formula is C25H21N5O2. The van der Waals surface area contributed by atoms with Crippen molar-refractivity contribution in [3.8, 4) is 5.75 Å². The van der Waals surface area contributed by atoms with Crippen molar-refractivity contribution in [2.24, 2.45) is 0 Å². The first-order valence-corrected chi connectivity index (χ1v) is 10.1. The van der Waals surface area contributed by atoms with E-state index in [4.69, 9.17) is 10.5 Å². The number of nitrogens with one attached hydrogen (secondary N) is 1. The molecule has 0 unspecified atom stereocenters. The van der Waals surface area contributed by atoms with Crippen LogP contribution in [0.15, 0.2) is 96.1 Å². The average molecular weight is 423 g/mol. The van der Waals surface area contributed by atoms with Gasteiger partial charge in [-0.1, -0.05) is 72.8 Å². The Morgan fingerprint density at radius 2 is 1.44 bits per heavy atom. The maximum Gasteiger partial charge on any atom is 0.280 e. The number of nitrogens with zero attached hydrogens (tertiary/aromatic N) is 3. The summed E-state index contributed by atoms with van der Waals surface area (Å²) in [5, 5.41) is 0. The fourth-order valence-corrected chi connectivity index (χ4v) is 4.28. The van der Waals surface area contributed by atoms with Crippen LogP contribution >= 0.6 is 0 Å². The van der Waals surface area contributed by atoms with Gasteiger partial charge in [-0.05, 0) is 28.8 Å². The number of hydrogen-bond acceptors (Lipinski definition) is 5. The van der Waals surface area contributed by atoms with Gasteiger partial charge in [0.25, 0.3) is 5.56 Å². The molecule has 0 aliphatic rings. The van der Waals surface area contributed by atoms with Crippen LogP contribution in [0.1, 0.15) is 16.7 Å². The highest BCUT2D eigenvalue weighted by atomic mass is 16.5. The van der Waals surface area contributed by atoms with Crippen molar-refractivity contribution >= 4 is 17.1 Å². The predicted octanol–water partition coefficient (Wildman–Crippen LogP) is 3.55. The Hall–Kier alpha value is -4.39. The van der Waals surface area contributed by atoms with Crippen molar-refractivity contribution in [3.05, 3.63) is 118 Å². The van der Waals surface area contributed by atoms with Crippen molar-refractivity contribution in [1.29, 1.82) is 0 Å². The third kappa shape index (κ3) is 2.94. The monoisotopic (exact) mass is 423 g/mol. The lowest BCUT2D eigenvalue weighted by molar-refractivity contribution is 0.414. The first kappa shape index (κ1) is 19.6. The van der Waals surface area contributed by atoms with Gasteiger partial charge in [0.15, 0.2) is 11.2 Å². The number of imidazole rings is 1. The van der Waals surface area contributed by atoms with Crippen LogP contribution in [0.2, 0.25) is 0 Å². The first-order valence-electron chi connectivity index (χ1n) is 10.1. The number of benzene rings is 3. The number of fused-ring (bicyclic) bond motifs is 1. The van der Waals surface area contributed by atoms with E-state index in [-0.39, 0.29) is 17.0 Å². The number of aromatic amines is 1. The van der Waals surface area contributed by atoms with Crippen LogP contribution in [0, 0.1) is 0 Å². The fraction of sp³-hybridized carbons (Fsp3) is 0.0800. The van der Waals surface area contributed by atoms with Gasteiger partial charge >= 0.3 is 0 Å². The van der Waals surface area contributed by atoms with Crippen LogP contribution in [0.3, 0.4) is 0 Å². The maximum absolute atomic E-state index is 12.6. The SMILES string of the molecule is COc1ccc(C(c2ccccc2)(c2ccccc2)n2cnc3c(=O)[nH]c(N)nc32)cc1. The van der Waals surface area contributed by atoms with E-state index >= 15 is 0 Å². The molecule has 0 saturated carbocycles. The van der Waals surface area contributed by atoms with Gasteiger partial charge in [0.05, 0.1) is 13.4 Å². The van der Waals surface area contributed by atoms with Crippen molar-refractivity contribution in [1.82, 2.24) is 19.5 Å². The second-order valence-corrected chi connectivity index (χ2v) is 7.41. The van der Waals surface area contributed by atoms with E-state index in [1.807, 2.05) is 65.2 Å². The summed E-state index contributed by atoms with van der Waals surface area (Å²) in [4.78, 5) is 24.0. The van der Waals surface area contributed by atoms with Gasteiger partial charge < -0.3 is 10.5 Å². The summed E-state index contributed by atoms with van der Waals surface area (Å²) in [7, 11) is 1.64. The van der Waals surface area contributed by atoms with Gasteiger partial charge in [-0.2, -0.15) is 4.98 Å². The number of anilines is 1. The zero-order valence-electron chi connectivity index (χ0n) is 17.4. The molecule has 0 amide bonds. The van der Waals surface area contributed by atoms with Crippen molar-refractivity contribution in [3.63, 3.8) is 0 Å². The molecule has 5 aromatic rings. The van der Waals surface area contributed by atoms with E-state index in [1.54, 1.807) is 13.4 Å². The van der Waals surface area contributed by atoms with E-state index in [9.17, 15) is 4.79 Å². The number of hydrogen-bond donors (Lipinski definition) is 2. The van der Waals surface area contributed by atoms with E-state index in [0.717, 1.165) is 22.4 Å². The Balaban J connectivity index is 1.96. The minimum Gasteiger partial charge on any atom is -0.497 e. The second-order valence-electron chi connectivity index (χ2n) is 7.41. The lowest BCUT2D eigenvalue weighted by Crippen LogP contribution is -2.37. The van der Waals surface area contributed by atoms with Crippen LogP contribution in [-0.2, 0) is 5.54 Å². The molecule has 3 aromatic carbocycles. The third-order valence-corrected chi connectivity index (χ3v) is 5.68. The quantitative estimate of drug-likeness (QED) is 0.421. The maximum atomic E-state index is 12.6. The van der Waals surface area contributed by atoms with Crippen molar-refractivity contribution in [2.75, 3.05) is 12.8 Å². The lowest BCUT2D eigenvalue weighted by Gasteiger charge is -2.37. The van der Waals surface area contributed by atoms with Gasteiger partial charge in [-0.3, -0.25) is 14.3 Å². The molecule has 0 aliphatic carbocycles. The highest BCUT2D eigenvalue weighted by Crippen LogP contribution is 2.42. The summed E-state index contributed by atoms with van der Waals surface area (Å²) < 4.78 is 7.31. The minimum atomic E-state index is -0.864. The standard InChI is InChI=1S/C25H21N5O2/c1-32-20-14-12-19(13-15-20)25(17-8-4-2-5-9-17,18-10-6-3-7-11-18)30-16-27-21-22(30)28-24(26)29-23(21)31/h2-16H,1H3,(H3,26,28,29,31). The molecule has 2 aromatic heterocycles. The van der Waals surface area contributed by atoms with E-state index in [2.05, 4.69) is 39.2 Å². The molecular weight excluding hydrogens is 402 g/mol. The summed E-state index contributed by atoms with van der Waals surface area (Å²) >= 11 is 0. The normalized spacial score (nSPS) is 11.5. The molecule has 0 saturated heterocycles. The smallest absolute Gasteiger partial charge is 0.280 e. The molecule has 0 atom stereocenters. The van der Waals surface area contributed by atoms with E-state index < -0.39 is 5.54 Å². The number of nitrogens with two attached hydrogens (primary N) is 1. The molecule has 3 N–H and O–H groups in total. The topological polar surface area (TPSA) is 98.8 Å². The molecule has 0 spiro atoms. The summed E-state index contributed by atoms with van der Waals surface area (Å²) in [6, 6.07) is 28.0. The summed E-state index contributed by atoms with van der Waals surface area (Å²) in [6.45, 7) is 0. The lowest BCUT2D eigenvalue weighted by atomic mass is 9.76. The second kappa shape index (κ2) is 7.70. The average Bonchev–Trinajstić information content (AvgIpc) is 3.26. The van der Waals surface area contributed by atoms with Gasteiger partial charge in [0, 0.05) is 0 Å². The number of H-pyrrole nitrogens is 1. The summed E-state index contributed by atoms with van der Waals surface area (Å²) in [5.41, 5.74) is 8.23. The largest absolute Gasteiger partial charge is 0.497 e. The Kier molecular flexibility index (Phi) is 4.71. The first-order chi connectivity index (χ1) is 15.6. The Morgan fingerprint density at radius 3 is 2.00 bits per heavy atom. The highest BCUT2D eigenvalue weighted by molar-refractivity contribution is 5.73. The van der Waals surface area contributed by atoms with Crippen molar-refractivity contribution in [2.45, 2.75) is 5.54 Å². The molecule has 0 radical (unpaired) electrons. The third-order valence-electron chi connectivity index (χ3n) is 5.68. The van der Waals surface area contributed by atoms with Crippen LogP contribution in [0.4, 0.5) is 5.95 Å². The number of aromatic nitrogens is 4. The van der Waals surface area contributed by atoms with Crippen LogP contribution < -0.4 is 16.0 Å². The molecule has 7 heteroatoms. The van der Waals surface area contributed by atoms with Gasteiger partial charge in [-0.25, -0.2) is 4.98 Å². The molecule has 2 heterocycles. The molecule has 7 nitrogen and oxygen atoms in total. The van der Waals surface area contributed by atoms with Crippen LogP contribution in [0.25, 0.3) is 11.2 Å². The Morgan fingerprint density at radius 1 is 0.875 bits per heavy atom. The van der Waals surface area contributed by atoms with Gasteiger partial charge in [0.1, 0.15) is 11.3 Å². The number of nitrogen functional groups attached to an aromatic ring is 1. The van der Waals surface area contributed by atoms with Gasteiger partial charge in [-0.15, -0.1) is 0 Å². The van der Waals surface area contributed by atoms with E-state index in [0.29, 0.717) is 5.65 Å². The molecule has 32 heavy (non-hydrogen) atoms. The van der Waals surface area contributed by atoms with E-state index in [1.165, 1.54) is 0 Å². The highest BCUT2D eigenvalue weighted by Gasteiger charge is 2.40. The molecule has 0 fully saturated rings. The number of ether oxygens (including phenoxy) is 1. The predicted molar refractivity (Wildman–Crippen MR) is 124 cm³/mol. The molecule has 158 valence electrons. The Labute approximate surface area is 184 Å². The van der Waals surface area contributed by atoms with Crippen LogP contribution in [-0.4, -0.2) is 26.6 Å². The molecule has 0 aliphatic heterocycles. The molecule has 5 rings (SSSR count). The molecule has 0 bridgehead atoms. The fourth-order valence-electron chi connectivity index (χ4n) is 4.28. The number of rotatable bonds is 5. The zero-order valence-corrected chi connectivity index (χ0v) is 17.4. The summed E-state index contributed by atoms with van der Waals surface area (Å²) in [5.74, 6) is 0.784. The minimum absolute atomic E-state index is 0.0361.